The first-order valence-electron chi connectivity index (χ1n) is 9.68. The van der Waals surface area contributed by atoms with Crippen LogP contribution in [0.2, 0.25) is 0 Å². The Morgan fingerprint density at radius 3 is 2.35 bits per heavy atom. The van der Waals surface area contributed by atoms with Crippen LogP contribution in [0, 0.1) is 6.92 Å². The summed E-state index contributed by atoms with van der Waals surface area (Å²) in [6.07, 6.45) is 1.43. The molecule has 4 aromatic rings. The predicted molar refractivity (Wildman–Crippen MR) is 119 cm³/mol. The van der Waals surface area contributed by atoms with Gasteiger partial charge in [0.1, 0.15) is 11.5 Å². The van der Waals surface area contributed by atoms with E-state index in [0.717, 1.165) is 5.56 Å². The molecule has 154 valence electrons. The largest absolute Gasteiger partial charge is 0.459 e. The summed E-state index contributed by atoms with van der Waals surface area (Å²) in [6.45, 7) is 1.85. The summed E-state index contributed by atoms with van der Waals surface area (Å²) in [5.41, 5.74) is 2.37. The number of hydrogen-bond acceptors (Lipinski definition) is 4. The summed E-state index contributed by atoms with van der Waals surface area (Å²) >= 11 is 0. The lowest BCUT2D eigenvalue weighted by atomic mass is 10.1. The number of aryl methyl sites for hydroxylation is 1. The molecule has 31 heavy (non-hydrogen) atoms. The Hall–Kier alpha value is -4.32. The van der Waals surface area contributed by atoms with Gasteiger partial charge in [0.2, 0.25) is 0 Å². The lowest BCUT2D eigenvalue weighted by Crippen LogP contribution is -2.15. The molecule has 0 aliphatic carbocycles. The standard InChI is InChI=1S/C25H20N2O4/c1-17-12-13-18(15-22(17)27-25(29)23-11-6-14-30-23)24(28)26-19-7-5-10-21(16-19)31-20-8-3-2-4-9-20/h2-16H,1H3,(H,26,28)(H,27,29). The van der Waals surface area contributed by atoms with Crippen LogP contribution in [0.15, 0.2) is 95.6 Å². The summed E-state index contributed by atoms with van der Waals surface area (Å²) in [6, 6.07) is 24.9. The van der Waals surface area contributed by atoms with E-state index >= 15 is 0 Å². The molecule has 0 atom stereocenters. The number of ether oxygens (including phenoxy) is 1. The lowest BCUT2D eigenvalue weighted by Gasteiger charge is -2.11. The van der Waals surface area contributed by atoms with Gasteiger partial charge in [0, 0.05) is 23.0 Å². The second-order valence-electron chi connectivity index (χ2n) is 6.86. The summed E-state index contributed by atoms with van der Waals surface area (Å²) in [7, 11) is 0. The number of benzene rings is 3. The summed E-state index contributed by atoms with van der Waals surface area (Å²) < 4.78 is 10.9. The van der Waals surface area contributed by atoms with Crippen molar-refractivity contribution in [2.75, 3.05) is 10.6 Å². The highest BCUT2D eigenvalue weighted by molar-refractivity contribution is 6.07. The zero-order valence-corrected chi connectivity index (χ0v) is 16.8. The van der Waals surface area contributed by atoms with E-state index in [1.54, 1.807) is 48.5 Å². The Bertz CT molecular complexity index is 1200. The fraction of sp³-hybridized carbons (Fsp3) is 0.0400. The molecule has 0 bridgehead atoms. The number of carbonyl (C=O) groups is 2. The average molecular weight is 412 g/mol. The molecule has 0 aliphatic rings. The third-order valence-electron chi connectivity index (χ3n) is 4.56. The molecule has 6 heteroatoms. The smallest absolute Gasteiger partial charge is 0.291 e. The average Bonchev–Trinajstić information content (AvgIpc) is 3.31. The van der Waals surface area contributed by atoms with Gasteiger partial charge in [-0.1, -0.05) is 30.3 Å². The zero-order chi connectivity index (χ0) is 21.6. The minimum Gasteiger partial charge on any atom is -0.459 e. The number of nitrogens with one attached hydrogen (secondary N) is 2. The number of furan rings is 1. The summed E-state index contributed by atoms with van der Waals surface area (Å²) in [5, 5.41) is 5.64. The molecule has 0 radical (unpaired) electrons. The van der Waals surface area contributed by atoms with Gasteiger partial charge in [0.15, 0.2) is 5.76 Å². The third kappa shape index (κ3) is 5.00. The van der Waals surface area contributed by atoms with E-state index < -0.39 is 0 Å². The van der Waals surface area contributed by atoms with E-state index in [-0.39, 0.29) is 17.6 Å². The van der Waals surface area contributed by atoms with Crippen LogP contribution in [0.25, 0.3) is 0 Å². The van der Waals surface area contributed by atoms with Crippen LogP contribution in [0.1, 0.15) is 26.5 Å². The Labute approximate surface area is 179 Å². The number of carbonyl (C=O) groups excluding carboxylic acids is 2. The SMILES string of the molecule is Cc1ccc(C(=O)Nc2cccc(Oc3ccccc3)c2)cc1NC(=O)c1ccco1. The van der Waals surface area contributed by atoms with Crippen LogP contribution in [0.3, 0.4) is 0 Å². The molecule has 4 rings (SSSR count). The van der Waals surface area contributed by atoms with E-state index in [0.29, 0.717) is 28.4 Å². The Morgan fingerprint density at radius 2 is 1.58 bits per heavy atom. The normalized spacial score (nSPS) is 10.4. The molecular weight excluding hydrogens is 392 g/mol. The molecule has 6 nitrogen and oxygen atoms in total. The first-order chi connectivity index (χ1) is 15.1. The number of hydrogen-bond donors (Lipinski definition) is 2. The van der Waals surface area contributed by atoms with Gasteiger partial charge in [0.05, 0.1) is 6.26 Å². The zero-order valence-electron chi connectivity index (χ0n) is 16.8. The number of anilines is 2. The van der Waals surface area contributed by atoms with Gasteiger partial charge in [-0.2, -0.15) is 0 Å². The van der Waals surface area contributed by atoms with Crippen LogP contribution < -0.4 is 15.4 Å². The molecule has 3 aromatic carbocycles. The maximum atomic E-state index is 12.8. The van der Waals surface area contributed by atoms with Crippen LogP contribution >= 0.6 is 0 Å². The molecule has 1 heterocycles. The Balaban J connectivity index is 1.47. The summed E-state index contributed by atoms with van der Waals surface area (Å²) in [4.78, 5) is 25.0. The maximum Gasteiger partial charge on any atom is 0.291 e. The van der Waals surface area contributed by atoms with E-state index in [2.05, 4.69) is 10.6 Å². The first kappa shape index (κ1) is 20.0. The number of para-hydroxylation sites is 1. The van der Waals surface area contributed by atoms with Crippen molar-refractivity contribution in [3.8, 4) is 11.5 Å². The number of amides is 2. The maximum absolute atomic E-state index is 12.8. The van der Waals surface area contributed by atoms with Crippen LogP contribution in [-0.4, -0.2) is 11.8 Å². The molecule has 0 spiro atoms. The third-order valence-corrected chi connectivity index (χ3v) is 4.56. The monoisotopic (exact) mass is 412 g/mol. The van der Waals surface area contributed by atoms with Gasteiger partial charge in [-0.15, -0.1) is 0 Å². The first-order valence-corrected chi connectivity index (χ1v) is 9.68. The molecule has 0 unspecified atom stereocenters. The lowest BCUT2D eigenvalue weighted by molar-refractivity contribution is 0.0993. The Kier molecular flexibility index (Phi) is 5.80. The van der Waals surface area contributed by atoms with Crippen molar-refractivity contribution in [1.29, 1.82) is 0 Å². The molecule has 2 N–H and O–H groups in total. The highest BCUT2D eigenvalue weighted by Gasteiger charge is 2.13. The second-order valence-corrected chi connectivity index (χ2v) is 6.86. The van der Waals surface area contributed by atoms with Gasteiger partial charge in [-0.05, 0) is 61.0 Å². The van der Waals surface area contributed by atoms with Crippen molar-refractivity contribution in [1.82, 2.24) is 0 Å². The van der Waals surface area contributed by atoms with Gasteiger partial charge >= 0.3 is 0 Å². The minimum absolute atomic E-state index is 0.199. The second kappa shape index (κ2) is 9.00. The molecule has 1 aromatic heterocycles. The van der Waals surface area contributed by atoms with Crippen LogP contribution in [0.5, 0.6) is 11.5 Å². The predicted octanol–water partition coefficient (Wildman–Crippen LogP) is 5.88. The van der Waals surface area contributed by atoms with E-state index in [4.69, 9.17) is 9.15 Å². The van der Waals surface area contributed by atoms with Gasteiger partial charge in [-0.3, -0.25) is 9.59 Å². The molecule has 0 saturated carbocycles. The van der Waals surface area contributed by atoms with Crippen molar-refractivity contribution in [2.24, 2.45) is 0 Å². The topological polar surface area (TPSA) is 80.6 Å². The van der Waals surface area contributed by atoms with Crippen molar-refractivity contribution in [3.63, 3.8) is 0 Å². The quantitative estimate of drug-likeness (QED) is 0.414. The molecule has 0 aliphatic heterocycles. The van der Waals surface area contributed by atoms with Crippen LogP contribution in [0.4, 0.5) is 11.4 Å². The van der Waals surface area contributed by atoms with E-state index in [1.807, 2.05) is 43.3 Å². The molecular formula is C25H20N2O4. The minimum atomic E-state index is -0.378. The summed E-state index contributed by atoms with van der Waals surface area (Å²) in [5.74, 6) is 0.840. The number of rotatable bonds is 6. The fourth-order valence-corrected chi connectivity index (χ4v) is 2.95. The molecule has 0 fully saturated rings. The van der Waals surface area contributed by atoms with Crippen molar-refractivity contribution < 1.29 is 18.7 Å². The van der Waals surface area contributed by atoms with Crippen molar-refractivity contribution in [2.45, 2.75) is 6.92 Å². The van der Waals surface area contributed by atoms with Crippen molar-refractivity contribution in [3.05, 3.63) is 108 Å². The molecule has 0 saturated heterocycles. The van der Waals surface area contributed by atoms with Crippen molar-refractivity contribution >= 4 is 23.2 Å². The van der Waals surface area contributed by atoms with Crippen LogP contribution in [-0.2, 0) is 0 Å². The highest BCUT2D eigenvalue weighted by Crippen LogP contribution is 2.25. The van der Waals surface area contributed by atoms with E-state index in [1.165, 1.54) is 6.26 Å². The van der Waals surface area contributed by atoms with Gasteiger partial charge < -0.3 is 19.8 Å². The van der Waals surface area contributed by atoms with Gasteiger partial charge in [0.25, 0.3) is 11.8 Å². The highest BCUT2D eigenvalue weighted by atomic mass is 16.5. The fourth-order valence-electron chi connectivity index (χ4n) is 2.95. The molecule has 2 amide bonds. The van der Waals surface area contributed by atoms with Gasteiger partial charge in [-0.25, -0.2) is 0 Å². The van der Waals surface area contributed by atoms with E-state index in [9.17, 15) is 9.59 Å². The Morgan fingerprint density at radius 1 is 0.774 bits per heavy atom.